The van der Waals surface area contributed by atoms with Gasteiger partial charge >= 0.3 is 0 Å². The minimum atomic E-state index is -3.56. The Morgan fingerprint density at radius 3 is 2.00 bits per heavy atom. The smallest absolute Gasteiger partial charge is 0.279 e. The van der Waals surface area contributed by atoms with Crippen molar-refractivity contribution in [3.05, 3.63) is 96.1 Å². The number of sulfonamides is 1. The molecule has 0 fully saturated rings. The summed E-state index contributed by atoms with van der Waals surface area (Å²) >= 11 is 0. The Bertz CT molecular complexity index is 1050. The second-order valence-electron chi connectivity index (χ2n) is 7.10. The lowest BCUT2D eigenvalue weighted by Gasteiger charge is -2.17. The molecular weight excluding hydrogens is 398 g/mol. The van der Waals surface area contributed by atoms with Crippen LogP contribution in [-0.2, 0) is 14.8 Å². The van der Waals surface area contributed by atoms with Gasteiger partial charge in [-0.2, -0.15) is 0 Å². The maximum Gasteiger partial charge on any atom is 0.279 e. The molecule has 3 aromatic carbocycles. The molecule has 1 amide bonds. The number of quaternary nitrogens is 1. The third kappa shape index (κ3) is 5.33. The van der Waals surface area contributed by atoms with Crippen LogP contribution in [0.4, 0.5) is 5.69 Å². The Hall–Kier alpha value is -3.00. The summed E-state index contributed by atoms with van der Waals surface area (Å²) in [6, 6.07) is 26.3. The number of hydrogen-bond donors (Lipinski definition) is 2. The number of carbonyl (C=O) groups excluding carboxylic acids is 1. The van der Waals surface area contributed by atoms with Gasteiger partial charge in [-0.15, -0.1) is 0 Å². The third-order valence-corrected chi connectivity index (χ3v) is 6.56. The zero-order valence-corrected chi connectivity index (χ0v) is 17.8. The van der Waals surface area contributed by atoms with Crippen molar-refractivity contribution in [3.63, 3.8) is 0 Å². The van der Waals surface area contributed by atoms with Crippen LogP contribution >= 0.6 is 0 Å². The highest BCUT2D eigenvalue weighted by Gasteiger charge is 2.20. The van der Waals surface area contributed by atoms with Gasteiger partial charge in [0.1, 0.15) is 6.04 Å². The fourth-order valence-corrected chi connectivity index (χ4v) is 4.12. The van der Waals surface area contributed by atoms with Crippen LogP contribution in [-0.4, -0.2) is 39.3 Å². The third-order valence-electron chi connectivity index (χ3n) is 4.75. The molecule has 0 saturated carbocycles. The average Bonchev–Trinajstić information content (AvgIpc) is 2.75. The molecule has 3 N–H and O–H groups in total. The van der Waals surface area contributed by atoms with E-state index < -0.39 is 10.0 Å². The van der Waals surface area contributed by atoms with Gasteiger partial charge in [0.15, 0.2) is 6.54 Å². The van der Waals surface area contributed by atoms with Gasteiger partial charge in [-0.1, -0.05) is 66.7 Å². The first kappa shape index (κ1) is 21.7. The lowest BCUT2D eigenvalue weighted by molar-refractivity contribution is -0.676. The molecular formula is C23H26N3O3S+. The lowest BCUT2D eigenvalue weighted by atomic mass is 9.99. The van der Waals surface area contributed by atoms with E-state index in [0.29, 0.717) is 5.69 Å². The number of nitrogens with two attached hydrogens (primary N) is 1. The van der Waals surface area contributed by atoms with Crippen LogP contribution in [0.15, 0.2) is 89.8 Å². The second-order valence-corrected chi connectivity index (χ2v) is 9.25. The first-order valence-electron chi connectivity index (χ1n) is 9.63. The van der Waals surface area contributed by atoms with E-state index in [9.17, 15) is 13.2 Å². The molecule has 0 spiro atoms. The molecule has 0 aliphatic carbocycles. The van der Waals surface area contributed by atoms with Gasteiger partial charge in [-0.25, -0.2) is 12.7 Å². The molecule has 0 unspecified atom stereocenters. The highest BCUT2D eigenvalue weighted by atomic mass is 32.2. The van der Waals surface area contributed by atoms with Crippen LogP contribution in [0.5, 0.6) is 0 Å². The van der Waals surface area contributed by atoms with Gasteiger partial charge in [-0.3, -0.25) is 4.79 Å². The Balaban J connectivity index is 1.71. The fourth-order valence-electron chi connectivity index (χ4n) is 3.17. The number of benzene rings is 3. The fraction of sp³-hybridized carbons (Fsp3) is 0.174. The monoisotopic (exact) mass is 424 g/mol. The molecule has 0 aliphatic rings. The molecule has 0 aliphatic heterocycles. The summed E-state index contributed by atoms with van der Waals surface area (Å²) in [5, 5.41) is 4.77. The molecule has 30 heavy (non-hydrogen) atoms. The van der Waals surface area contributed by atoms with Crippen LogP contribution < -0.4 is 10.6 Å². The summed E-state index contributed by atoms with van der Waals surface area (Å²) in [6.45, 7) is 0.194. The normalized spacial score (nSPS) is 11.6. The number of amides is 1. The summed E-state index contributed by atoms with van der Waals surface area (Å²) in [4.78, 5) is 12.7. The van der Waals surface area contributed by atoms with Gasteiger partial charge in [0.2, 0.25) is 10.0 Å². The van der Waals surface area contributed by atoms with E-state index in [1.807, 2.05) is 66.0 Å². The largest absolute Gasteiger partial charge is 0.328 e. The minimum Gasteiger partial charge on any atom is -0.328 e. The first-order chi connectivity index (χ1) is 14.4. The van der Waals surface area contributed by atoms with Gasteiger partial charge in [0.05, 0.1) is 4.90 Å². The predicted molar refractivity (Wildman–Crippen MR) is 117 cm³/mol. The summed E-state index contributed by atoms with van der Waals surface area (Å²) in [6.07, 6.45) is 0. The molecule has 7 heteroatoms. The van der Waals surface area contributed by atoms with Crippen molar-refractivity contribution in [2.24, 2.45) is 0 Å². The van der Waals surface area contributed by atoms with Crippen LogP contribution in [0.2, 0.25) is 0 Å². The molecule has 0 atom stereocenters. The zero-order valence-electron chi connectivity index (χ0n) is 17.0. The van der Waals surface area contributed by atoms with Crippen LogP contribution in [0.1, 0.15) is 17.2 Å². The van der Waals surface area contributed by atoms with Crippen molar-refractivity contribution in [3.8, 4) is 0 Å². The molecule has 3 aromatic rings. The molecule has 0 heterocycles. The summed E-state index contributed by atoms with van der Waals surface area (Å²) < 4.78 is 25.8. The standard InChI is InChI=1S/C23H25N3O3S/c1-26(2)30(28,29)21-15-9-14-20(16-21)25-22(27)17-24-23(18-10-5-3-6-11-18)19-12-7-4-8-13-19/h3-16,23-24H,17H2,1-2H3,(H,25,27)/p+1. The van der Waals surface area contributed by atoms with Crippen molar-refractivity contribution < 1.29 is 18.5 Å². The van der Waals surface area contributed by atoms with Crippen molar-refractivity contribution in [1.29, 1.82) is 0 Å². The van der Waals surface area contributed by atoms with E-state index in [1.54, 1.807) is 12.1 Å². The van der Waals surface area contributed by atoms with Crippen LogP contribution in [0.25, 0.3) is 0 Å². The van der Waals surface area contributed by atoms with E-state index in [1.165, 1.54) is 26.2 Å². The molecule has 156 valence electrons. The van der Waals surface area contributed by atoms with Crippen molar-refractivity contribution >= 4 is 21.6 Å². The van der Waals surface area contributed by atoms with Crippen molar-refractivity contribution in [2.45, 2.75) is 10.9 Å². The number of hydrogen-bond acceptors (Lipinski definition) is 3. The summed E-state index contributed by atoms with van der Waals surface area (Å²) in [5.41, 5.74) is 2.67. The quantitative estimate of drug-likeness (QED) is 0.582. The maximum atomic E-state index is 12.6. The second kappa shape index (κ2) is 9.67. The minimum absolute atomic E-state index is 0.0152. The van der Waals surface area contributed by atoms with Gasteiger partial charge in [0.25, 0.3) is 5.91 Å². The Kier molecular flexibility index (Phi) is 6.99. The molecule has 0 saturated heterocycles. The average molecular weight is 425 g/mol. The Morgan fingerprint density at radius 2 is 1.47 bits per heavy atom. The van der Waals surface area contributed by atoms with Gasteiger partial charge in [-0.05, 0) is 18.2 Å². The van der Waals surface area contributed by atoms with Crippen molar-refractivity contribution in [2.75, 3.05) is 26.0 Å². The molecule has 0 bridgehead atoms. The first-order valence-corrected chi connectivity index (χ1v) is 11.1. The highest BCUT2D eigenvalue weighted by molar-refractivity contribution is 7.89. The van der Waals surface area contributed by atoms with E-state index in [0.717, 1.165) is 15.4 Å². The SMILES string of the molecule is CN(C)S(=O)(=O)c1cccc(NC(=O)C[NH2+]C(c2ccccc2)c2ccccc2)c1. The highest BCUT2D eigenvalue weighted by Crippen LogP contribution is 2.19. The van der Waals surface area contributed by atoms with E-state index in [2.05, 4.69) is 5.32 Å². The lowest BCUT2D eigenvalue weighted by Crippen LogP contribution is -2.87. The molecule has 6 nitrogen and oxygen atoms in total. The summed E-state index contributed by atoms with van der Waals surface area (Å²) in [7, 11) is -0.609. The van der Waals surface area contributed by atoms with E-state index in [4.69, 9.17) is 0 Å². The van der Waals surface area contributed by atoms with E-state index in [-0.39, 0.29) is 23.4 Å². The van der Waals surface area contributed by atoms with Gasteiger partial charge in [0, 0.05) is 30.9 Å². The Labute approximate surface area is 177 Å². The van der Waals surface area contributed by atoms with Crippen molar-refractivity contribution in [1.82, 2.24) is 4.31 Å². The number of anilines is 1. The molecule has 0 radical (unpaired) electrons. The van der Waals surface area contributed by atoms with Crippen LogP contribution in [0, 0.1) is 0 Å². The number of rotatable bonds is 8. The number of nitrogens with zero attached hydrogens (tertiary/aromatic N) is 1. The van der Waals surface area contributed by atoms with Gasteiger partial charge < -0.3 is 10.6 Å². The summed E-state index contributed by atoms with van der Waals surface area (Å²) in [5.74, 6) is -0.203. The predicted octanol–water partition coefficient (Wildman–Crippen LogP) is 2.23. The molecule has 0 aromatic heterocycles. The maximum absolute atomic E-state index is 12.6. The molecule has 3 rings (SSSR count). The van der Waals surface area contributed by atoms with Crippen LogP contribution in [0.3, 0.4) is 0 Å². The zero-order chi connectivity index (χ0) is 21.6. The number of nitrogens with one attached hydrogen (secondary N) is 1. The number of carbonyl (C=O) groups is 1. The Morgan fingerprint density at radius 1 is 0.900 bits per heavy atom. The van der Waals surface area contributed by atoms with E-state index >= 15 is 0 Å². The topological polar surface area (TPSA) is 83.1 Å².